The third-order valence-electron chi connectivity index (χ3n) is 4.97. The van der Waals surface area contributed by atoms with Crippen molar-refractivity contribution in [1.82, 2.24) is 10.6 Å². The average molecular weight is 338 g/mol. The molecule has 1 amide bonds. The van der Waals surface area contributed by atoms with Crippen LogP contribution in [0.15, 0.2) is 48.5 Å². The average Bonchev–Trinajstić information content (AvgIpc) is 2.67. The zero-order chi connectivity index (χ0) is 17.7. The SMILES string of the molecule is COC1(C(=O)NCc2ccc(-c3cccc(C)c3)cc2)CCNCC1. The van der Waals surface area contributed by atoms with Crippen LogP contribution in [0.25, 0.3) is 11.1 Å². The maximum absolute atomic E-state index is 12.6. The molecule has 0 atom stereocenters. The first-order valence-electron chi connectivity index (χ1n) is 8.83. The lowest BCUT2D eigenvalue weighted by molar-refractivity contribution is -0.146. The summed E-state index contributed by atoms with van der Waals surface area (Å²) in [5.74, 6) is -0.0146. The van der Waals surface area contributed by atoms with Crippen LogP contribution < -0.4 is 10.6 Å². The molecule has 0 saturated carbocycles. The molecule has 0 aromatic heterocycles. The second-order valence-corrected chi connectivity index (χ2v) is 6.70. The van der Waals surface area contributed by atoms with Crippen molar-refractivity contribution < 1.29 is 9.53 Å². The number of ether oxygens (including phenoxy) is 1. The van der Waals surface area contributed by atoms with Crippen LogP contribution in [-0.4, -0.2) is 31.7 Å². The molecule has 4 heteroatoms. The Bertz CT molecular complexity index is 719. The van der Waals surface area contributed by atoms with E-state index >= 15 is 0 Å². The highest BCUT2D eigenvalue weighted by Crippen LogP contribution is 2.23. The van der Waals surface area contributed by atoms with E-state index in [1.807, 2.05) is 0 Å². The Kier molecular flexibility index (Phi) is 5.51. The van der Waals surface area contributed by atoms with E-state index < -0.39 is 5.60 Å². The van der Waals surface area contributed by atoms with Crippen LogP contribution in [0.2, 0.25) is 0 Å². The number of nitrogens with one attached hydrogen (secondary N) is 2. The van der Waals surface area contributed by atoms with Crippen molar-refractivity contribution in [2.75, 3.05) is 20.2 Å². The molecule has 0 unspecified atom stereocenters. The molecule has 1 heterocycles. The van der Waals surface area contributed by atoms with Crippen molar-refractivity contribution in [2.45, 2.75) is 31.9 Å². The van der Waals surface area contributed by atoms with E-state index in [1.165, 1.54) is 16.7 Å². The number of amides is 1. The molecule has 3 rings (SSSR count). The molecule has 25 heavy (non-hydrogen) atoms. The Morgan fingerprint density at radius 2 is 1.84 bits per heavy atom. The van der Waals surface area contributed by atoms with Gasteiger partial charge in [-0.15, -0.1) is 0 Å². The van der Waals surface area contributed by atoms with Gasteiger partial charge in [0.2, 0.25) is 0 Å². The fraction of sp³-hybridized carbons (Fsp3) is 0.381. The molecule has 1 saturated heterocycles. The normalized spacial score (nSPS) is 16.4. The third-order valence-corrected chi connectivity index (χ3v) is 4.97. The van der Waals surface area contributed by atoms with E-state index in [-0.39, 0.29) is 5.91 Å². The number of carbonyl (C=O) groups excluding carboxylic acids is 1. The lowest BCUT2D eigenvalue weighted by Crippen LogP contribution is -2.53. The van der Waals surface area contributed by atoms with Crippen molar-refractivity contribution in [3.63, 3.8) is 0 Å². The highest BCUT2D eigenvalue weighted by Gasteiger charge is 2.39. The van der Waals surface area contributed by atoms with Gasteiger partial charge in [-0.1, -0.05) is 54.1 Å². The van der Waals surface area contributed by atoms with E-state index in [0.29, 0.717) is 19.4 Å². The lowest BCUT2D eigenvalue weighted by Gasteiger charge is -2.34. The fourth-order valence-corrected chi connectivity index (χ4v) is 3.34. The highest BCUT2D eigenvalue weighted by molar-refractivity contribution is 5.85. The minimum atomic E-state index is -0.688. The molecule has 1 aliphatic rings. The largest absolute Gasteiger partial charge is 0.368 e. The van der Waals surface area contributed by atoms with Crippen molar-refractivity contribution in [3.05, 3.63) is 59.7 Å². The van der Waals surface area contributed by atoms with Gasteiger partial charge in [0.25, 0.3) is 5.91 Å². The van der Waals surface area contributed by atoms with Crippen LogP contribution in [0, 0.1) is 6.92 Å². The van der Waals surface area contributed by atoms with Gasteiger partial charge in [0.05, 0.1) is 0 Å². The summed E-state index contributed by atoms with van der Waals surface area (Å²) in [4.78, 5) is 12.6. The Labute approximate surface area is 149 Å². The van der Waals surface area contributed by atoms with Crippen molar-refractivity contribution in [1.29, 1.82) is 0 Å². The van der Waals surface area contributed by atoms with Crippen LogP contribution in [0.1, 0.15) is 24.0 Å². The minimum Gasteiger partial charge on any atom is -0.368 e. The van der Waals surface area contributed by atoms with Crippen LogP contribution in [0.3, 0.4) is 0 Å². The number of hydrogen-bond acceptors (Lipinski definition) is 3. The summed E-state index contributed by atoms with van der Waals surface area (Å²) in [6.07, 6.45) is 1.42. The van der Waals surface area contributed by atoms with Gasteiger partial charge in [0, 0.05) is 13.7 Å². The van der Waals surface area contributed by atoms with Gasteiger partial charge in [-0.05, 0) is 49.5 Å². The molecule has 2 N–H and O–H groups in total. The lowest BCUT2D eigenvalue weighted by atomic mass is 9.91. The molecule has 132 valence electrons. The molecule has 4 nitrogen and oxygen atoms in total. The summed E-state index contributed by atoms with van der Waals surface area (Å²) in [5, 5.41) is 6.31. The maximum atomic E-state index is 12.6. The maximum Gasteiger partial charge on any atom is 0.252 e. The van der Waals surface area contributed by atoms with Crippen LogP contribution in [0.4, 0.5) is 0 Å². The fourth-order valence-electron chi connectivity index (χ4n) is 3.34. The number of carbonyl (C=O) groups is 1. The van der Waals surface area contributed by atoms with Gasteiger partial charge >= 0.3 is 0 Å². The monoisotopic (exact) mass is 338 g/mol. The Balaban J connectivity index is 1.63. The minimum absolute atomic E-state index is 0.0146. The smallest absolute Gasteiger partial charge is 0.252 e. The molecule has 0 spiro atoms. The topological polar surface area (TPSA) is 50.4 Å². The van der Waals surface area contributed by atoms with Crippen molar-refractivity contribution in [3.8, 4) is 11.1 Å². The Hall–Kier alpha value is -2.17. The van der Waals surface area contributed by atoms with Crippen LogP contribution >= 0.6 is 0 Å². The Morgan fingerprint density at radius 1 is 1.12 bits per heavy atom. The predicted octanol–water partition coefficient (Wildman–Crippen LogP) is 3.05. The zero-order valence-corrected chi connectivity index (χ0v) is 15.0. The van der Waals surface area contributed by atoms with E-state index in [4.69, 9.17) is 4.74 Å². The molecule has 1 fully saturated rings. The quantitative estimate of drug-likeness (QED) is 0.881. The molecule has 0 aliphatic carbocycles. The van der Waals surface area contributed by atoms with Crippen molar-refractivity contribution >= 4 is 5.91 Å². The molecular formula is C21H26N2O2. The van der Waals surface area contributed by atoms with E-state index in [0.717, 1.165) is 18.7 Å². The predicted molar refractivity (Wildman–Crippen MR) is 100 cm³/mol. The highest BCUT2D eigenvalue weighted by atomic mass is 16.5. The molecule has 2 aromatic rings. The molecular weight excluding hydrogens is 312 g/mol. The first kappa shape index (κ1) is 17.6. The molecule has 0 bridgehead atoms. The third kappa shape index (κ3) is 4.09. The Morgan fingerprint density at radius 3 is 2.48 bits per heavy atom. The molecule has 0 radical (unpaired) electrons. The standard InChI is InChI=1S/C21H26N2O2/c1-16-4-3-5-19(14-16)18-8-6-17(7-9-18)15-23-20(24)21(25-2)10-12-22-13-11-21/h3-9,14,22H,10-13,15H2,1-2H3,(H,23,24). The summed E-state index contributed by atoms with van der Waals surface area (Å²) < 4.78 is 5.57. The number of piperidine rings is 1. The number of aryl methyl sites for hydroxylation is 1. The van der Waals surface area contributed by atoms with Gasteiger partial charge < -0.3 is 15.4 Å². The number of rotatable bonds is 5. The summed E-state index contributed by atoms with van der Waals surface area (Å²) in [7, 11) is 1.63. The summed E-state index contributed by atoms with van der Waals surface area (Å²) in [6.45, 7) is 4.24. The van der Waals surface area contributed by atoms with E-state index in [9.17, 15) is 4.79 Å². The van der Waals surface area contributed by atoms with Gasteiger partial charge in [-0.25, -0.2) is 0 Å². The first-order chi connectivity index (χ1) is 12.1. The second kappa shape index (κ2) is 7.81. The number of hydrogen-bond donors (Lipinski definition) is 2. The summed E-state index contributed by atoms with van der Waals surface area (Å²) in [5.41, 5.74) is 4.05. The van der Waals surface area contributed by atoms with E-state index in [1.54, 1.807) is 7.11 Å². The summed E-state index contributed by atoms with van der Waals surface area (Å²) >= 11 is 0. The number of benzene rings is 2. The van der Waals surface area contributed by atoms with Gasteiger partial charge in [0.15, 0.2) is 0 Å². The second-order valence-electron chi connectivity index (χ2n) is 6.70. The first-order valence-corrected chi connectivity index (χ1v) is 8.83. The van der Waals surface area contributed by atoms with Crippen molar-refractivity contribution in [2.24, 2.45) is 0 Å². The zero-order valence-electron chi connectivity index (χ0n) is 15.0. The number of methoxy groups -OCH3 is 1. The van der Waals surface area contributed by atoms with Gasteiger partial charge in [-0.3, -0.25) is 4.79 Å². The van der Waals surface area contributed by atoms with Gasteiger partial charge in [-0.2, -0.15) is 0 Å². The van der Waals surface area contributed by atoms with Crippen LogP contribution in [-0.2, 0) is 16.1 Å². The summed E-state index contributed by atoms with van der Waals surface area (Å²) in [6, 6.07) is 16.8. The molecule has 1 aliphatic heterocycles. The van der Waals surface area contributed by atoms with Gasteiger partial charge in [0.1, 0.15) is 5.60 Å². The molecule has 2 aromatic carbocycles. The van der Waals surface area contributed by atoms with E-state index in [2.05, 4.69) is 66.1 Å². The van der Waals surface area contributed by atoms with Crippen LogP contribution in [0.5, 0.6) is 0 Å².